The summed E-state index contributed by atoms with van der Waals surface area (Å²) in [5.41, 5.74) is 0.846. The molecule has 2 amide bonds. The van der Waals surface area contributed by atoms with E-state index < -0.39 is 5.91 Å². The molecule has 8 heteroatoms. The topological polar surface area (TPSA) is 97.1 Å². The molecule has 0 saturated heterocycles. The van der Waals surface area contributed by atoms with Gasteiger partial charge in [-0.15, -0.1) is 0 Å². The van der Waals surface area contributed by atoms with Crippen LogP contribution >= 0.6 is 15.9 Å². The minimum absolute atomic E-state index is 0.160. The van der Waals surface area contributed by atoms with Gasteiger partial charge in [0.05, 0.1) is 6.54 Å². The summed E-state index contributed by atoms with van der Waals surface area (Å²) in [6.45, 7) is 0.193. The highest BCUT2D eigenvalue weighted by atomic mass is 79.9. The minimum Gasteiger partial charge on any atom is -0.441 e. The monoisotopic (exact) mass is 388 g/mol. The number of carbonyl (C=O) groups is 2. The molecule has 122 valence electrons. The maximum absolute atomic E-state index is 12.2. The molecule has 0 bridgehead atoms. The summed E-state index contributed by atoms with van der Waals surface area (Å²) in [4.78, 5) is 31.9. The van der Waals surface area contributed by atoms with Crippen LogP contribution in [-0.2, 0) is 6.54 Å². The summed E-state index contributed by atoms with van der Waals surface area (Å²) in [5, 5.41) is 6.02. The van der Waals surface area contributed by atoms with Gasteiger partial charge >= 0.3 is 0 Å². The van der Waals surface area contributed by atoms with Crippen molar-refractivity contribution in [1.29, 1.82) is 0 Å². The van der Waals surface area contributed by atoms with Gasteiger partial charge in [0.15, 0.2) is 0 Å². The summed E-state index contributed by atoms with van der Waals surface area (Å²) in [5.74, 6) is -0.166. The lowest BCUT2D eigenvalue weighted by Crippen LogP contribution is -2.25. The third kappa shape index (κ3) is 3.43. The van der Waals surface area contributed by atoms with Crippen molar-refractivity contribution in [2.45, 2.75) is 6.54 Å². The smallest absolute Gasteiger partial charge is 0.270 e. The molecule has 0 unspecified atom stereocenters. The van der Waals surface area contributed by atoms with Gasteiger partial charge in [0.25, 0.3) is 11.8 Å². The van der Waals surface area contributed by atoms with E-state index in [9.17, 15) is 9.59 Å². The molecule has 24 heavy (non-hydrogen) atoms. The molecule has 0 fully saturated rings. The summed E-state index contributed by atoms with van der Waals surface area (Å²) < 4.78 is 6.41. The van der Waals surface area contributed by atoms with Crippen LogP contribution in [-0.4, -0.2) is 28.8 Å². The summed E-state index contributed by atoms with van der Waals surface area (Å²) in [6, 6.07) is 8.37. The molecule has 0 saturated carbocycles. The van der Waals surface area contributed by atoms with Gasteiger partial charge < -0.3 is 15.1 Å². The van der Waals surface area contributed by atoms with Gasteiger partial charge in [0.2, 0.25) is 5.71 Å². The number of hydrogen-bond donors (Lipinski definition) is 2. The van der Waals surface area contributed by atoms with E-state index >= 15 is 0 Å². The standard InChI is InChI=1S/C16H13BrN4O3/c1-18-14(22)12-3-2-4-13(21-12)15(23)19-8-11-6-9-5-10(17)7-20-16(9)24-11/h2-7H,8H2,1H3,(H,18,22)(H,19,23). The van der Waals surface area contributed by atoms with Crippen molar-refractivity contribution < 1.29 is 14.0 Å². The highest BCUT2D eigenvalue weighted by Gasteiger charge is 2.12. The van der Waals surface area contributed by atoms with E-state index in [1.54, 1.807) is 24.4 Å². The van der Waals surface area contributed by atoms with Gasteiger partial charge in [-0.05, 0) is 40.2 Å². The van der Waals surface area contributed by atoms with Crippen molar-refractivity contribution in [2.24, 2.45) is 0 Å². The Morgan fingerprint density at radius 3 is 2.71 bits per heavy atom. The number of furan rings is 1. The fourth-order valence-corrected chi connectivity index (χ4v) is 2.47. The van der Waals surface area contributed by atoms with Crippen LogP contribution in [0.5, 0.6) is 0 Å². The number of nitrogens with one attached hydrogen (secondary N) is 2. The van der Waals surface area contributed by atoms with E-state index in [1.165, 1.54) is 7.05 Å². The zero-order chi connectivity index (χ0) is 17.1. The largest absolute Gasteiger partial charge is 0.441 e. The van der Waals surface area contributed by atoms with E-state index in [0.717, 1.165) is 9.86 Å². The lowest BCUT2D eigenvalue weighted by molar-refractivity contribution is 0.0942. The number of aromatic nitrogens is 2. The Bertz CT molecular complexity index is 923. The van der Waals surface area contributed by atoms with E-state index in [-0.39, 0.29) is 23.8 Å². The van der Waals surface area contributed by atoms with Crippen LogP contribution in [0.2, 0.25) is 0 Å². The normalized spacial score (nSPS) is 10.6. The van der Waals surface area contributed by atoms with Gasteiger partial charge in [0.1, 0.15) is 17.1 Å². The lowest BCUT2D eigenvalue weighted by Gasteiger charge is -2.04. The van der Waals surface area contributed by atoms with Gasteiger partial charge in [-0.2, -0.15) is 0 Å². The molecule has 2 N–H and O–H groups in total. The molecule has 7 nitrogen and oxygen atoms in total. The van der Waals surface area contributed by atoms with Crippen molar-refractivity contribution in [3.8, 4) is 0 Å². The fraction of sp³-hybridized carbons (Fsp3) is 0.125. The SMILES string of the molecule is CNC(=O)c1cccc(C(=O)NCc2cc3cc(Br)cnc3o2)n1. The molecule has 0 spiro atoms. The number of halogens is 1. The number of rotatable bonds is 4. The average Bonchev–Trinajstić information content (AvgIpc) is 3.01. The van der Waals surface area contributed by atoms with Gasteiger partial charge in [0, 0.05) is 23.1 Å². The van der Waals surface area contributed by atoms with Crippen molar-refractivity contribution in [3.05, 3.63) is 58.1 Å². The molecule has 3 aromatic heterocycles. The first kappa shape index (κ1) is 16.1. The highest BCUT2D eigenvalue weighted by Crippen LogP contribution is 2.20. The van der Waals surface area contributed by atoms with Crippen LogP contribution in [0.4, 0.5) is 0 Å². The van der Waals surface area contributed by atoms with Crippen LogP contribution in [0, 0.1) is 0 Å². The molecular formula is C16H13BrN4O3. The Morgan fingerprint density at radius 2 is 1.96 bits per heavy atom. The number of fused-ring (bicyclic) bond motifs is 1. The molecule has 0 radical (unpaired) electrons. The zero-order valence-electron chi connectivity index (χ0n) is 12.7. The second kappa shape index (κ2) is 6.79. The predicted octanol–water partition coefficient (Wildman–Crippen LogP) is 2.27. The van der Waals surface area contributed by atoms with E-state index in [2.05, 4.69) is 36.5 Å². The number of nitrogens with zero attached hydrogens (tertiary/aromatic N) is 2. The highest BCUT2D eigenvalue weighted by molar-refractivity contribution is 9.10. The van der Waals surface area contributed by atoms with Crippen LogP contribution in [0.3, 0.4) is 0 Å². The molecule has 3 rings (SSSR count). The van der Waals surface area contributed by atoms with Crippen molar-refractivity contribution in [2.75, 3.05) is 7.05 Å². The third-order valence-electron chi connectivity index (χ3n) is 3.25. The quantitative estimate of drug-likeness (QED) is 0.714. The first-order valence-corrected chi connectivity index (χ1v) is 7.87. The Kier molecular flexibility index (Phi) is 4.57. The second-order valence-electron chi connectivity index (χ2n) is 4.93. The van der Waals surface area contributed by atoms with Crippen LogP contribution in [0.1, 0.15) is 26.7 Å². The molecule has 3 aromatic rings. The number of carbonyl (C=O) groups excluding carboxylic acids is 2. The fourth-order valence-electron chi connectivity index (χ4n) is 2.12. The molecule has 0 aliphatic carbocycles. The first-order valence-electron chi connectivity index (χ1n) is 7.08. The summed E-state index contributed by atoms with van der Waals surface area (Å²) >= 11 is 3.34. The molecule has 0 aliphatic heterocycles. The van der Waals surface area contributed by atoms with E-state index in [4.69, 9.17) is 4.42 Å². The summed E-state index contributed by atoms with van der Waals surface area (Å²) in [7, 11) is 1.50. The van der Waals surface area contributed by atoms with Gasteiger partial charge in [-0.25, -0.2) is 9.97 Å². The van der Waals surface area contributed by atoms with Gasteiger partial charge in [-0.1, -0.05) is 6.07 Å². The Balaban J connectivity index is 1.71. The average molecular weight is 389 g/mol. The van der Waals surface area contributed by atoms with E-state index in [1.807, 2.05) is 12.1 Å². The lowest BCUT2D eigenvalue weighted by atomic mass is 10.2. The molecule has 0 aromatic carbocycles. The molecule has 0 atom stereocenters. The van der Waals surface area contributed by atoms with Crippen molar-refractivity contribution in [3.63, 3.8) is 0 Å². The van der Waals surface area contributed by atoms with E-state index in [0.29, 0.717) is 11.5 Å². The van der Waals surface area contributed by atoms with Crippen molar-refractivity contribution >= 4 is 38.8 Å². The Hall–Kier alpha value is -2.74. The predicted molar refractivity (Wildman–Crippen MR) is 90.5 cm³/mol. The minimum atomic E-state index is -0.393. The maximum Gasteiger partial charge on any atom is 0.270 e. The third-order valence-corrected chi connectivity index (χ3v) is 3.69. The van der Waals surface area contributed by atoms with Crippen molar-refractivity contribution in [1.82, 2.24) is 20.6 Å². The summed E-state index contributed by atoms with van der Waals surface area (Å²) in [6.07, 6.45) is 1.64. The van der Waals surface area contributed by atoms with Crippen LogP contribution in [0.15, 0.2) is 45.4 Å². The maximum atomic E-state index is 12.2. The number of pyridine rings is 2. The molecular weight excluding hydrogens is 376 g/mol. The zero-order valence-corrected chi connectivity index (χ0v) is 14.3. The molecule has 3 heterocycles. The first-order chi connectivity index (χ1) is 11.6. The van der Waals surface area contributed by atoms with Gasteiger partial charge in [-0.3, -0.25) is 9.59 Å². The Morgan fingerprint density at radius 1 is 1.21 bits per heavy atom. The number of hydrogen-bond acceptors (Lipinski definition) is 5. The molecule has 0 aliphatic rings. The number of amides is 2. The van der Waals surface area contributed by atoms with Crippen LogP contribution in [0.25, 0.3) is 11.1 Å². The second-order valence-corrected chi connectivity index (χ2v) is 5.85. The van der Waals surface area contributed by atoms with Crippen LogP contribution < -0.4 is 10.6 Å². The Labute approximate surface area is 145 Å².